The molecule has 1 atom stereocenters. The molecule has 0 radical (unpaired) electrons. The minimum absolute atomic E-state index is 0.279. The summed E-state index contributed by atoms with van der Waals surface area (Å²) in [5.74, 6) is 0. The SMILES string of the molecule is CCCN(CC1CCCCN1)C(=O)N1CCCCCC1. The molecule has 0 aromatic carbocycles. The van der Waals surface area contributed by atoms with E-state index in [1.807, 2.05) is 0 Å². The highest BCUT2D eigenvalue weighted by Gasteiger charge is 2.24. The average Bonchev–Trinajstić information content (AvgIpc) is 2.76. The molecule has 1 unspecified atom stereocenters. The lowest BCUT2D eigenvalue weighted by Crippen LogP contribution is -2.50. The van der Waals surface area contributed by atoms with Crippen LogP contribution in [0.2, 0.25) is 0 Å². The molecule has 2 aliphatic rings. The fourth-order valence-electron chi connectivity index (χ4n) is 3.34. The molecule has 0 aliphatic carbocycles. The number of piperidine rings is 1. The molecule has 116 valence electrons. The number of urea groups is 1. The largest absolute Gasteiger partial charge is 0.325 e. The third-order valence-corrected chi connectivity index (χ3v) is 4.49. The molecular weight excluding hydrogens is 250 g/mol. The van der Waals surface area contributed by atoms with Gasteiger partial charge >= 0.3 is 6.03 Å². The van der Waals surface area contributed by atoms with Gasteiger partial charge < -0.3 is 15.1 Å². The van der Waals surface area contributed by atoms with Gasteiger partial charge in [-0.05, 0) is 38.6 Å². The molecule has 20 heavy (non-hydrogen) atoms. The highest BCUT2D eigenvalue weighted by molar-refractivity contribution is 5.74. The van der Waals surface area contributed by atoms with Crippen molar-refractivity contribution in [2.24, 2.45) is 0 Å². The molecule has 0 spiro atoms. The molecule has 0 bridgehead atoms. The van der Waals surface area contributed by atoms with Crippen LogP contribution in [0.15, 0.2) is 0 Å². The zero-order valence-corrected chi connectivity index (χ0v) is 13.1. The van der Waals surface area contributed by atoms with Gasteiger partial charge in [-0.2, -0.15) is 0 Å². The predicted octanol–water partition coefficient (Wildman–Crippen LogP) is 2.84. The van der Waals surface area contributed by atoms with Crippen molar-refractivity contribution >= 4 is 6.03 Å². The first-order valence-corrected chi connectivity index (χ1v) is 8.58. The Morgan fingerprint density at radius 3 is 2.50 bits per heavy atom. The molecule has 2 rings (SSSR count). The van der Waals surface area contributed by atoms with Gasteiger partial charge in [-0.1, -0.05) is 26.2 Å². The first-order valence-electron chi connectivity index (χ1n) is 8.58. The van der Waals surface area contributed by atoms with Crippen LogP contribution < -0.4 is 5.32 Å². The van der Waals surface area contributed by atoms with Crippen molar-refractivity contribution in [2.75, 3.05) is 32.7 Å². The second-order valence-electron chi connectivity index (χ2n) is 6.28. The molecule has 4 nitrogen and oxygen atoms in total. The van der Waals surface area contributed by atoms with Crippen molar-refractivity contribution in [1.82, 2.24) is 15.1 Å². The first kappa shape index (κ1) is 15.6. The fraction of sp³-hybridized carbons (Fsp3) is 0.938. The fourth-order valence-corrected chi connectivity index (χ4v) is 3.34. The first-order chi connectivity index (χ1) is 9.81. The maximum absolute atomic E-state index is 12.7. The Morgan fingerprint density at radius 2 is 1.90 bits per heavy atom. The topological polar surface area (TPSA) is 35.6 Å². The maximum Gasteiger partial charge on any atom is 0.320 e. The van der Waals surface area contributed by atoms with E-state index in [1.165, 1.54) is 44.9 Å². The van der Waals surface area contributed by atoms with Gasteiger partial charge in [0.2, 0.25) is 0 Å². The molecule has 0 aromatic heterocycles. The summed E-state index contributed by atoms with van der Waals surface area (Å²) in [6.07, 6.45) is 9.75. The monoisotopic (exact) mass is 281 g/mol. The van der Waals surface area contributed by atoms with Gasteiger partial charge in [0.15, 0.2) is 0 Å². The third-order valence-electron chi connectivity index (χ3n) is 4.49. The van der Waals surface area contributed by atoms with Gasteiger partial charge in [0.05, 0.1) is 0 Å². The van der Waals surface area contributed by atoms with E-state index >= 15 is 0 Å². The van der Waals surface area contributed by atoms with Crippen LogP contribution in [0.4, 0.5) is 4.79 Å². The molecule has 2 amide bonds. The second-order valence-corrected chi connectivity index (χ2v) is 6.28. The molecule has 0 aromatic rings. The van der Waals surface area contributed by atoms with Crippen molar-refractivity contribution in [2.45, 2.75) is 64.3 Å². The van der Waals surface area contributed by atoms with Gasteiger partial charge in [0.25, 0.3) is 0 Å². The molecule has 2 saturated heterocycles. The standard InChI is InChI=1S/C16H31N3O/c1-2-11-19(14-15-9-5-6-10-17-15)16(20)18-12-7-3-4-8-13-18/h15,17H,2-14H2,1H3. The molecular formula is C16H31N3O. The summed E-state index contributed by atoms with van der Waals surface area (Å²) in [6, 6.07) is 0.785. The second kappa shape index (κ2) is 8.50. The number of hydrogen-bond donors (Lipinski definition) is 1. The number of carbonyl (C=O) groups excluding carboxylic acids is 1. The van der Waals surface area contributed by atoms with Gasteiger partial charge in [0.1, 0.15) is 0 Å². The summed E-state index contributed by atoms with van der Waals surface area (Å²) in [4.78, 5) is 16.9. The molecule has 4 heteroatoms. The summed E-state index contributed by atoms with van der Waals surface area (Å²) in [7, 11) is 0. The van der Waals surface area contributed by atoms with Crippen molar-refractivity contribution in [1.29, 1.82) is 0 Å². The van der Waals surface area contributed by atoms with Crippen LogP contribution in [0.5, 0.6) is 0 Å². The van der Waals surface area contributed by atoms with E-state index in [9.17, 15) is 4.79 Å². The lowest BCUT2D eigenvalue weighted by molar-refractivity contribution is 0.146. The number of rotatable bonds is 4. The number of likely N-dealkylation sites (tertiary alicyclic amines) is 1. The normalized spacial score (nSPS) is 24.2. The quantitative estimate of drug-likeness (QED) is 0.860. The smallest absolute Gasteiger partial charge is 0.320 e. The van der Waals surface area contributed by atoms with Gasteiger partial charge in [-0.3, -0.25) is 0 Å². The Kier molecular flexibility index (Phi) is 6.64. The number of amides is 2. The Hall–Kier alpha value is -0.770. The van der Waals surface area contributed by atoms with Crippen molar-refractivity contribution in [3.05, 3.63) is 0 Å². The summed E-state index contributed by atoms with van der Waals surface area (Å²) >= 11 is 0. The maximum atomic E-state index is 12.7. The van der Waals surface area contributed by atoms with E-state index in [2.05, 4.69) is 22.0 Å². The van der Waals surface area contributed by atoms with E-state index in [-0.39, 0.29) is 6.03 Å². The molecule has 1 N–H and O–H groups in total. The van der Waals surface area contributed by atoms with Gasteiger partial charge in [-0.25, -0.2) is 4.79 Å². The molecule has 2 heterocycles. The number of hydrogen-bond acceptors (Lipinski definition) is 2. The zero-order valence-electron chi connectivity index (χ0n) is 13.1. The molecule has 2 aliphatic heterocycles. The van der Waals surface area contributed by atoms with Crippen LogP contribution in [-0.4, -0.2) is 54.6 Å². The van der Waals surface area contributed by atoms with E-state index in [0.29, 0.717) is 6.04 Å². The Labute approximate surface area is 123 Å². The molecule has 0 saturated carbocycles. The van der Waals surface area contributed by atoms with E-state index < -0.39 is 0 Å². The van der Waals surface area contributed by atoms with Crippen LogP contribution in [-0.2, 0) is 0 Å². The summed E-state index contributed by atoms with van der Waals surface area (Å²) in [5, 5.41) is 3.57. The predicted molar refractivity (Wildman–Crippen MR) is 82.9 cm³/mol. The number of nitrogens with one attached hydrogen (secondary N) is 1. The van der Waals surface area contributed by atoms with E-state index in [0.717, 1.165) is 39.1 Å². The van der Waals surface area contributed by atoms with Crippen LogP contribution in [0.25, 0.3) is 0 Å². The van der Waals surface area contributed by atoms with E-state index in [1.54, 1.807) is 0 Å². The Balaban J connectivity index is 1.89. The third kappa shape index (κ3) is 4.65. The summed E-state index contributed by atoms with van der Waals surface area (Å²) in [5.41, 5.74) is 0. The molecule has 2 fully saturated rings. The van der Waals surface area contributed by atoms with Crippen molar-refractivity contribution in [3.63, 3.8) is 0 Å². The lowest BCUT2D eigenvalue weighted by atomic mass is 10.0. The number of nitrogens with zero attached hydrogens (tertiary/aromatic N) is 2. The van der Waals surface area contributed by atoms with Crippen molar-refractivity contribution < 1.29 is 4.79 Å². The van der Waals surface area contributed by atoms with Crippen molar-refractivity contribution in [3.8, 4) is 0 Å². The average molecular weight is 281 g/mol. The zero-order chi connectivity index (χ0) is 14.2. The van der Waals surface area contributed by atoms with Crippen LogP contribution in [0.1, 0.15) is 58.3 Å². The Bertz CT molecular complexity index is 281. The van der Waals surface area contributed by atoms with E-state index in [4.69, 9.17) is 0 Å². The minimum atomic E-state index is 0.279. The van der Waals surface area contributed by atoms with Crippen LogP contribution in [0, 0.1) is 0 Å². The Morgan fingerprint density at radius 1 is 1.15 bits per heavy atom. The highest BCUT2D eigenvalue weighted by Crippen LogP contribution is 2.14. The minimum Gasteiger partial charge on any atom is -0.325 e. The lowest BCUT2D eigenvalue weighted by Gasteiger charge is -2.34. The summed E-state index contributed by atoms with van der Waals surface area (Å²) < 4.78 is 0. The highest BCUT2D eigenvalue weighted by atomic mass is 16.2. The van der Waals surface area contributed by atoms with Gasteiger partial charge in [0, 0.05) is 32.2 Å². The van der Waals surface area contributed by atoms with Gasteiger partial charge in [-0.15, -0.1) is 0 Å². The van der Waals surface area contributed by atoms with Crippen LogP contribution in [0.3, 0.4) is 0 Å². The number of carbonyl (C=O) groups is 1. The summed E-state index contributed by atoms with van der Waals surface area (Å²) in [6.45, 7) is 6.98. The van der Waals surface area contributed by atoms with Crippen LogP contribution >= 0.6 is 0 Å².